The van der Waals surface area contributed by atoms with Crippen molar-refractivity contribution in [3.8, 4) is 17.0 Å². The lowest BCUT2D eigenvalue weighted by atomic mass is 10.1. The van der Waals surface area contributed by atoms with E-state index in [4.69, 9.17) is 4.74 Å². The third-order valence-electron chi connectivity index (χ3n) is 2.39. The maximum Gasteiger partial charge on any atom is 0.151 e. The third kappa shape index (κ3) is 2.50. The van der Waals surface area contributed by atoms with E-state index in [1.807, 2.05) is 37.3 Å². The Labute approximate surface area is 100 Å². The van der Waals surface area contributed by atoms with E-state index < -0.39 is 0 Å². The van der Waals surface area contributed by atoms with Crippen molar-refractivity contribution in [3.05, 3.63) is 48.2 Å². The highest BCUT2D eigenvalue weighted by molar-refractivity contribution is 5.76. The van der Waals surface area contributed by atoms with Crippen LogP contribution >= 0.6 is 0 Å². The molecule has 2 rings (SSSR count). The van der Waals surface area contributed by atoms with Gasteiger partial charge in [0, 0.05) is 17.3 Å². The van der Waals surface area contributed by atoms with Gasteiger partial charge < -0.3 is 4.74 Å². The number of hydrogen-bond donors (Lipinski definition) is 0. The molecule has 1 aromatic heterocycles. The molecule has 0 fully saturated rings. The van der Waals surface area contributed by atoms with Gasteiger partial charge in [-0.3, -0.25) is 9.78 Å². The summed E-state index contributed by atoms with van der Waals surface area (Å²) in [6.07, 6.45) is 2.34. The summed E-state index contributed by atoms with van der Waals surface area (Å²) in [4.78, 5) is 14.8. The summed E-state index contributed by atoms with van der Waals surface area (Å²) in [5.41, 5.74) is 2.31. The monoisotopic (exact) mass is 227 g/mol. The summed E-state index contributed by atoms with van der Waals surface area (Å²) < 4.78 is 5.54. The minimum Gasteiger partial charge on any atom is -0.493 e. The minimum absolute atomic E-state index is 0.572. The molecule has 0 unspecified atom stereocenters. The summed E-state index contributed by atoms with van der Waals surface area (Å²) in [5.74, 6) is 0.807. The summed E-state index contributed by atoms with van der Waals surface area (Å²) in [7, 11) is 0. The molecule has 3 nitrogen and oxygen atoms in total. The second-order valence-corrected chi connectivity index (χ2v) is 3.52. The molecule has 1 aromatic carbocycles. The molecule has 0 spiro atoms. The predicted molar refractivity (Wildman–Crippen MR) is 66.2 cm³/mol. The second-order valence-electron chi connectivity index (χ2n) is 3.52. The van der Waals surface area contributed by atoms with Gasteiger partial charge in [0.05, 0.1) is 12.3 Å². The predicted octanol–water partition coefficient (Wildman–Crippen LogP) is 2.96. The number of ether oxygens (including phenoxy) is 1. The standard InChI is InChI=1S/C14H13NO2/c1-2-17-14-6-4-3-5-12(14)13-8-7-11(10-16)9-15-13/h3-10H,2H2,1H3. The molecule has 0 aliphatic heterocycles. The molecule has 0 amide bonds. The van der Waals surface area contributed by atoms with Crippen molar-refractivity contribution in [2.45, 2.75) is 6.92 Å². The fourth-order valence-corrected chi connectivity index (χ4v) is 1.59. The number of benzene rings is 1. The Kier molecular flexibility index (Phi) is 3.50. The SMILES string of the molecule is CCOc1ccccc1-c1ccc(C=O)cn1. The van der Waals surface area contributed by atoms with Crippen LogP contribution in [0.15, 0.2) is 42.6 Å². The maximum atomic E-state index is 10.6. The first-order valence-electron chi connectivity index (χ1n) is 5.48. The first kappa shape index (κ1) is 11.3. The zero-order chi connectivity index (χ0) is 12.1. The van der Waals surface area contributed by atoms with Gasteiger partial charge in [-0.25, -0.2) is 0 Å². The molecule has 3 heteroatoms. The summed E-state index contributed by atoms with van der Waals surface area (Å²) in [6.45, 7) is 2.56. The van der Waals surface area contributed by atoms with Crippen LogP contribution in [-0.2, 0) is 0 Å². The number of hydrogen-bond acceptors (Lipinski definition) is 3. The fraction of sp³-hybridized carbons (Fsp3) is 0.143. The molecule has 0 N–H and O–H groups in total. The quantitative estimate of drug-likeness (QED) is 0.754. The number of aromatic nitrogens is 1. The fourth-order valence-electron chi connectivity index (χ4n) is 1.59. The van der Waals surface area contributed by atoms with Crippen LogP contribution in [-0.4, -0.2) is 17.9 Å². The average molecular weight is 227 g/mol. The zero-order valence-corrected chi connectivity index (χ0v) is 9.59. The highest BCUT2D eigenvalue weighted by Gasteiger charge is 2.06. The lowest BCUT2D eigenvalue weighted by molar-refractivity contribution is 0.112. The van der Waals surface area contributed by atoms with E-state index in [2.05, 4.69) is 4.98 Å². The largest absolute Gasteiger partial charge is 0.493 e. The summed E-state index contributed by atoms with van der Waals surface area (Å²) in [5, 5.41) is 0. The first-order chi connectivity index (χ1) is 8.35. The molecule has 0 atom stereocenters. The number of carbonyl (C=O) groups is 1. The van der Waals surface area contributed by atoms with Crippen LogP contribution < -0.4 is 4.74 Å². The van der Waals surface area contributed by atoms with E-state index in [0.717, 1.165) is 23.3 Å². The van der Waals surface area contributed by atoms with Gasteiger partial charge in [0.2, 0.25) is 0 Å². The number of para-hydroxylation sites is 1. The Bertz CT molecular complexity index is 506. The second kappa shape index (κ2) is 5.25. The Hall–Kier alpha value is -2.16. The Morgan fingerprint density at radius 1 is 1.24 bits per heavy atom. The number of pyridine rings is 1. The Balaban J connectivity index is 2.40. The van der Waals surface area contributed by atoms with Crippen molar-refractivity contribution < 1.29 is 9.53 Å². The van der Waals surface area contributed by atoms with Crippen molar-refractivity contribution in [2.24, 2.45) is 0 Å². The van der Waals surface area contributed by atoms with Gasteiger partial charge in [0.25, 0.3) is 0 Å². The maximum absolute atomic E-state index is 10.6. The molecule has 0 bridgehead atoms. The van der Waals surface area contributed by atoms with E-state index in [0.29, 0.717) is 12.2 Å². The Morgan fingerprint density at radius 3 is 2.71 bits per heavy atom. The minimum atomic E-state index is 0.572. The third-order valence-corrected chi connectivity index (χ3v) is 2.39. The van der Waals surface area contributed by atoms with Crippen LogP contribution in [0.25, 0.3) is 11.3 Å². The summed E-state index contributed by atoms with van der Waals surface area (Å²) >= 11 is 0. The van der Waals surface area contributed by atoms with E-state index >= 15 is 0 Å². The zero-order valence-electron chi connectivity index (χ0n) is 9.59. The molecule has 86 valence electrons. The number of carbonyl (C=O) groups excluding carboxylic acids is 1. The highest BCUT2D eigenvalue weighted by atomic mass is 16.5. The van der Waals surface area contributed by atoms with Crippen LogP contribution in [0, 0.1) is 0 Å². The van der Waals surface area contributed by atoms with Gasteiger partial charge in [-0.15, -0.1) is 0 Å². The molecule has 0 radical (unpaired) electrons. The molecule has 2 aromatic rings. The molecule has 17 heavy (non-hydrogen) atoms. The van der Waals surface area contributed by atoms with Crippen LogP contribution in [0.5, 0.6) is 5.75 Å². The van der Waals surface area contributed by atoms with E-state index in [9.17, 15) is 4.79 Å². The van der Waals surface area contributed by atoms with E-state index in [1.54, 1.807) is 12.3 Å². The van der Waals surface area contributed by atoms with Crippen LogP contribution in [0.2, 0.25) is 0 Å². The van der Waals surface area contributed by atoms with E-state index in [-0.39, 0.29) is 0 Å². The average Bonchev–Trinajstić information content (AvgIpc) is 2.40. The number of nitrogens with zero attached hydrogens (tertiary/aromatic N) is 1. The molecule has 0 saturated carbocycles. The van der Waals surface area contributed by atoms with Crippen molar-refractivity contribution in [1.82, 2.24) is 4.98 Å². The molecule has 0 saturated heterocycles. The number of rotatable bonds is 4. The molecule has 1 heterocycles. The lowest BCUT2D eigenvalue weighted by Crippen LogP contribution is -1.95. The van der Waals surface area contributed by atoms with Crippen LogP contribution in [0.3, 0.4) is 0 Å². The van der Waals surface area contributed by atoms with Crippen molar-refractivity contribution in [2.75, 3.05) is 6.61 Å². The van der Waals surface area contributed by atoms with Gasteiger partial charge in [-0.05, 0) is 31.2 Å². The Morgan fingerprint density at radius 2 is 2.06 bits per heavy atom. The normalized spacial score (nSPS) is 9.94. The van der Waals surface area contributed by atoms with Gasteiger partial charge in [-0.1, -0.05) is 12.1 Å². The lowest BCUT2D eigenvalue weighted by Gasteiger charge is -2.09. The van der Waals surface area contributed by atoms with Gasteiger partial charge in [0.1, 0.15) is 5.75 Å². The first-order valence-corrected chi connectivity index (χ1v) is 5.48. The van der Waals surface area contributed by atoms with Gasteiger partial charge in [0.15, 0.2) is 6.29 Å². The smallest absolute Gasteiger partial charge is 0.151 e. The van der Waals surface area contributed by atoms with Crippen LogP contribution in [0.4, 0.5) is 0 Å². The van der Waals surface area contributed by atoms with Crippen LogP contribution in [0.1, 0.15) is 17.3 Å². The molecular formula is C14H13NO2. The highest BCUT2D eigenvalue weighted by Crippen LogP contribution is 2.28. The van der Waals surface area contributed by atoms with E-state index in [1.165, 1.54) is 0 Å². The number of aldehydes is 1. The molecule has 0 aliphatic carbocycles. The molecular weight excluding hydrogens is 214 g/mol. The van der Waals surface area contributed by atoms with Crippen molar-refractivity contribution in [1.29, 1.82) is 0 Å². The molecule has 0 aliphatic rings. The van der Waals surface area contributed by atoms with Crippen molar-refractivity contribution in [3.63, 3.8) is 0 Å². The topological polar surface area (TPSA) is 39.2 Å². The van der Waals surface area contributed by atoms with Gasteiger partial charge in [-0.2, -0.15) is 0 Å². The van der Waals surface area contributed by atoms with Crippen molar-refractivity contribution >= 4 is 6.29 Å². The summed E-state index contributed by atoms with van der Waals surface area (Å²) in [6, 6.07) is 11.3. The van der Waals surface area contributed by atoms with Gasteiger partial charge >= 0.3 is 0 Å².